The summed E-state index contributed by atoms with van der Waals surface area (Å²) in [5.41, 5.74) is 0.371. The van der Waals surface area contributed by atoms with Crippen LogP contribution in [0.15, 0.2) is 48.1 Å². The fourth-order valence-corrected chi connectivity index (χ4v) is 5.10. The zero-order valence-electron chi connectivity index (χ0n) is 19.7. The van der Waals surface area contributed by atoms with E-state index in [0.717, 1.165) is 11.3 Å². The summed E-state index contributed by atoms with van der Waals surface area (Å²) in [6.45, 7) is 10.1. The molecule has 0 aliphatic heterocycles. The number of amides is 1. The molecule has 1 unspecified atom stereocenters. The molecule has 3 rings (SSSR count). The molecule has 0 saturated heterocycles. The van der Waals surface area contributed by atoms with Crippen molar-refractivity contribution in [3.05, 3.63) is 64.3 Å². The summed E-state index contributed by atoms with van der Waals surface area (Å²) in [6, 6.07) is 8.89. The average molecular weight is 535 g/mol. The van der Waals surface area contributed by atoms with Gasteiger partial charge in [-0.1, -0.05) is 42.4 Å². The lowest BCUT2D eigenvalue weighted by molar-refractivity contribution is -0.113. The summed E-state index contributed by atoms with van der Waals surface area (Å²) in [5.74, 6) is 0.591. The molecule has 0 aliphatic carbocycles. The summed E-state index contributed by atoms with van der Waals surface area (Å²) < 4.78 is 12.9. The molecule has 1 N–H and O–H groups in total. The largest absolute Gasteiger partial charge is 0.483 e. The molecule has 0 saturated carbocycles. The van der Waals surface area contributed by atoms with Gasteiger partial charge in [0.05, 0.1) is 17.9 Å². The van der Waals surface area contributed by atoms with Crippen LogP contribution >= 0.6 is 34.7 Å². The number of anilines is 1. The molecule has 0 radical (unpaired) electrons. The highest BCUT2D eigenvalue weighted by molar-refractivity contribution is 7.99. The Morgan fingerprint density at radius 3 is 2.80 bits per heavy atom. The highest BCUT2D eigenvalue weighted by Gasteiger charge is 2.22. The number of allylic oxidation sites excluding steroid dienone is 1. The van der Waals surface area contributed by atoms with Crippen molar-refractivity contribution in [1.82, 2.24) is 14.8 Å². The molecule has 0 spiro atoms. The van der Waals surface area contributed by atoms with Gasteiger partial charge < -0.3 is 14.8 Å². The van der Waals surface area contributed by atoms with Crippen molar-refractivity contribution in [2.45, 2.75) is 45.0 Å². The molecule has 8 nitrogen and oxygen atoms in total. The Hall–Kier alpha value is -2.82. The summed E-state index contributed by atoms with van der Waals surface area (Å²) in [6.07, 6.45) is 2.08. The second-order valence-corrected chi connectivity index (χ2v) is 9.84. The zero-order chi connectivity index (χ0) is 25.4. The first kappa shape index (κ1) is 26.8. The first-order valence-corrected chi connectivity index (χ1v) is 13.2. The number of hydrogen-bond acceptors (Lipinski definition) is 8. The highest BCUT2D eigenvalue weighted by atomic mass is 35.5. The molecule has 0 aliphatic rings. The average Bonchev–Trinajstić information content (AvgIpc) is 3.42. The normalized spacial score (nSPS) is 11.7. The number of aryl methyl sites for hydroxylation is 1. The maximum absolute atomic E-state index is 12.7. The molecule has 0 fully saturated rings. The van der Waals surface area contributed by atoms with Gasteiger partial charge in [0.15, 0.2) is 17.1 Å². The predicted molar refractivity (Wildman–Crippen MR) is 140 cm³/mol. The maximum Gasteiger partial charge on any atom is 0.341 e. The fourth-order valence-electron chi connectivity index (χ4n) is 3.17. The van der Waals surface area contributed by atoms with Gasteiger partial charge in [-0.25, -0.2) is 4.79 Å². The van der Waals surface area contributed by atoms with E-state index in [-0.39, 0.29) is 18.3 Å². The van der Waals surface area contributed by atoms with Crippen LogP contribution in [0.25, 0.3) is 0 Å². The number of ether oxygens (including phenoxy) is 2. The number of thiophene rings is 1. The van der Waals surface area contributed by atoms with E-state index in [4.69, 9.17) is 21.1 Å². The Bertz CT molecular complexity index is 1190. The van der Waals surface area contributed by atoms with Gasteiger partial charge in [-0.2, -0.15) is 0 Å². The molecule has 11 heteroatoms. The Morgan fingerprint density at radius 2 is 2.11 bits per heavy atom. The summed E-state index contributed by atoms with van der Waals surface area (Å²) in [4.78, 5) is 26.0. The van der Waals surface area contributed by atoms with Gasteiger partial charge in [-0.3, -0.25) is 9.36 Å². The minimum Gasteiger partial charge on any atom is -0.483 e. The van der Waals surface area contributed by atoms with Crippen LogP contribution in [0.3, 0.4) is 0 Å². The number of carbonyl (C=O) groups is 2. The minimum absolute atomic E-state index is 0.0838. The third-order valence-electron chi connectivity index (χ3n) is 4.74. The van der Waals surface area contributed by atoms with E-state index in [1.807, 2.05) is 30.5 Å². The topological polar surface area (TPSA) is 95.3 Å². The van der Waals surface area contributed by atoms with Gasteiger partial charge in [-0.05, 0) is 44.5 Å². The van der Waals surface area contributed by atoms with Gasteiger partial charge in [0.2, 0.25) is 5.91 Å². The number of nitrogens with zero attached hydrogens (tertiary/aromatic N) is 3. The lowest BCUT2D eigenvalue weighted by Gasteiger charge is -2.16. The Kier molecular flexibility index (Phi) is 9.76. The van der Waals surface area contributed by atoms with Crippen molar-refractivity contribution in [3.63, 3.8) is 0 Å². The van der Waals surface area contributed by atoms with Crippen LogP contribution in [0.2, 0.25) is 5.02 Å². The molecule has 35 heavy (non-hydrogen) atoms. The molecular formula is C24H27ClN4O4S2. The van der Waals surface area contributed by atoms with Gasteiger partial charge in [-0.15, -0.1) is 28.1 Å². The van der Waals surface area contributed by atoms with E-state index in [0.29, 0.717) is 38.9 Å². The number of carbonyl (C=O) groups excluding carboxylic acids is 2. The summed E-state index contributed by atoms with van der Waals surface area (Å²) in [7, 11) is 0. The number of halogens is 1. The monoisotopic (exact) mass is 534 g/mol. The van der Waals surface area contributed by atoms with Gasteiger partial charge in [0.1, 0.15) is 10.8 Å². The van der Waals surface area contributed by atoms with E-state index in [2.05, 4.69) is 22.1 Å². The van der Waals surface area contributed by atoms with Gasteiger partial charge in [0.25, 0.3) is 0 Å². The second-order valence-electron chi connectivity index (χ2n) is 7.32. The first-order chi connectivity index (χ1) is 16.9. The molecule has 2 heterocycles. The summed E-state index contributed by atoms with van der Waals surface area (Å²) in [5, 5.41) is 13.0. The van der Waals surface area contributed by atoms with E-state index in [1.54, 1.807) is 31.2 Å². The molecule has 1 aromatic carbocycles. The number of hydrogen-bond donors (Lipinski definition) is 1. The van der Waals surface area contributed by atoms with E-state index in [1.165, 1.54) is 23.1 Å². The number of aromatic nitrogens is 3. The number of benzene rings is 1. The molecule has 0 bridgehead atoms. The SMILES string of the molecule is C=CCn1c(SCC(=O)Nc2sc(CC)cc2C(=O)OCC)nnc1C(C)Oc1cccc(Cl)c1. The van der Waals surface area contributed by atoms with Crippen LogP contribution in [-0.2, 0) is 22.5 Å². The molecular weight excluding hydrogens is 508 g/mol. The number of thioether (sulfide) groups is 1. The van der Waals surface area contributed by atoms with Crippen LogP contribution in [-0.4, -0.2) is 39.0 Å². The van der Waals surface area contributed by atoms with Gasteiger partial charge >= 0.3 is 5.97 Å². The maximum atomic E-state index is 12.7. The van der Waals surface area contributed by atoms with Crippen molar-refractivity contribution in [2.24, 2.45) is 0 Å². The lowest BCUT2D eigenvalue weighted by Crippen LogP contribution is -2.17. The third kappa shape index (κ3) is 7.09. The van der Waals surface area contributed by atoms with Crippen LogP contribution in [0.1, 0.15) is 47.9 Å². The van der Waals surface area contributed by atoms with Crippen LogP contribution in [0, 0.1) is 0 Å². The predicted octanol–water partition coefficient (Wildman–Crippen LogP) is 5.79. The van der Waals surface area contributed by atoms with Crippen molar-refractivity contribution >= 4 is 51.6 Å². The molecule has 1 atom stereocenters. The standard InChI is InChI=1S/C24H27ClN4O4S2/c1-5-11-29-21(15(4)33-17-10-8-9-16(25)12-17)27-28-24(29)34-14-20(30)26-22-19(23(31)32-7-3)13-18(6-2)35-22/h5,8-10,12-13,15H,1,6-7,11,14H2,2-4H3,(H,26,30). The lowest BCUT2D eigenvalue weighted by atomic mass is 10.2. The first-order valence-electron chi connectivity index (χ1n) is 11.0. The Morgan fingerprint density at radius 1 is 1.31 bits per heavy atom. The number of esters is 1. The number of rotatable bonds is 12. The van der Waals surface area contributed by atoms with Crippen LogP contribution in [0.5, 0.6) is 5.75 Å². The highest BCUT2D eigenvalue weighted by Crippen LogP contribution is 2.30. The fraction of sp³-hybridized carbons (Fsp3) is 0.333. The Labute approximate surface area is 217 Å². The van der Waals surface area contributed by atoms with Crippen molar-refractivity contribution in [1.29, 1.82) is 0 Å². The zero-order valence-corrected chi connectivity index (χ0v) is 22.1. The Balaban J connectivity index is 1.69. The van der Waals surface area contributed by atoms with E-state index < -0.39 is 12.1 Å². The quantitative estimate of drug-likeness (QED) is 0.178. The van der Waals surface area contributed by atoms with E-state index in [9.17, 15) is 9.59 Å². The molecule has 2 aromatic heterocycles. The summed E-state index contributed by atoms with van der Waals surface area (Å²) >= 11 is 8.66. The van der Waals surface area contributed by atoms with Crippen LogP contribution < -0.4 is 10.1 Å². The third-order valence-corrected chi connectivity index (χ3v) is 7.14. The minimum atomic E-state index is -0.449. The second kappa shape index (κ2) is 12.8. The number of nitrogens with one attached hydrogen (secondary N) is 1. The van der Waals surface area contributed by atoms with E-state index >= 15 is 0 Å². The molecule has 3 aromatic rings. The van der Waals surface area contributed by atoms with Crippen molar-refractivity contribution in [3.8, 4) is 5.75 Å². The van der Waals surface area contributed by atoms with Crippen molar-refractivity contribution in [2.75, 3.05) is 17.7 Å². The molecule has 1 amide bonds. The van der Waals surface area contributed by atoms with Crippen molar-refractivity contribution < 1.29 is 19.1 Å². The van der Waals surface area contributed by atoms with Gasteiger partial charge in [0, 0.05) is 16.4 Å². The smallest absolute Gasteiger partial charge is 0.341 e. The molecule has 186 valence electrons. The van der Waals surface area contributed by atoms with Crippen LogP contribution in [0.4, 0.5) is 5.00 Å².